The number of aliphatic hydroxyl groups is 2. The van der Waals surface area contributed by atoms with Gasteiger partial charge in [-0.1, -0.05) is 12.0 Å². The lowest BCUT2D eigenvalue weighted by molar-refractivity contribution is -0.124. The first-order chi connectivity index (χ1) is 9.45. The van der Waals surface area contributed by atoms with Crippen LogP contribution in [-0.4, -0.2) is 38.2 Å². The van der Waals surface area contributed by atoms with Crippen molar-refractivity contribution < 1.29 is 14.9 Å². The van der Waals surface area contributed by atoms with Gasteiger partial charge in [0.2, 0.25) is 0 Å². The van der Waals surface area contributed by atoms with Crippen LogP contribution in [0.1, 0.15) is 13.2 Å². The first kappa shape index (κ1) is 14.3. The van der Waals surface area contributed by atoms with Gasteiger partial charge in [0.05, 0.1) is 12.7 Å². The van der Waals surface area contributed by atoms with E-state index in [1.807, 2.05) is 0 Å². The lowest BCUT2D eigenvalue weighted by Gasteiger charge is -2.24. The molecule has 1 aliphatic heterocycles. The van der Waals surface area contributed by atoms with Gasteiger partial charge in [0.25, 0.3) is 5.56 Å². The van der Waals surface area contributed by atoms with Gasteiger partial charge in [-0.15, -0.1) is 0 Å². The SMILES string of the molecule is C[C@H]1[C@H](n2ccc(=O)[nH]c2=O)OC(CO)(N=[N+]=[N-])[C@H]1O. The highest BCUT2D eigenvalue weighted by Gasteiger charge is 2.53. The molecule has 1 aliphatic rings. The normalized spacial score (nSPS) is 32.9. The van der Waals surface area contributed by atoms with E-state index >= 15 is 0 Å². The van der Waals surface area contributed by atoms with E-state index in [0.717, 1.165) is 10.6 Å². The Hall–Kier alpha value is -2.13. The Morgan fingerprint density at radius 3 is 2.90 bits per heavy atom. The summed E-state index contributed by atoms with van der Waals surface area (Å²) in [6, 6.07) is 1.12. The lowest BCUT2D eigenvalue weighted by Crippen LogP contribution is -2.42. The Morgan fingerprint density at radius 2 is 2.35 bits per heavy atom. The highest BCUT2D eigenvalue weighted by molar-refractivity contribution is 4.99. The molecule has 0 aromatic carbocycles. The molecular weight excluding hydrogens is 270 g/mol. The average molecular weight is 283 g/mol. The fourth-order valence-corrected chi connectivity index (χ4v) is 2.21. The van der Waals surface area contributed by atoms with Crippen molar-refractivity contribution in [1.82, 2.24) is 9.55 Å². The van der Waals surface area contributed by atoms with Crippen LogP contribution in [0.5, 0.6) is 0 Å². The van der Waals surface area contributed by atoms with E-state index in [-0.39, 0.29) is 0 Å². The number of aromatic nitrogens is 2. The number of aromatic amines is 1. The third-order valence-corrected chi connectivity index (χ3v) is 3.30. The van der Waals surface area contributed by atoms with Gasteiger partial charge in [0.15, 0.2) is 5.72 Å². The van der Waals surface area contributed by atoms with Crippen molar-refractivity contribution in [1.29, 1.82) is 0 Å². The summed E-state index contributed by atoms with van der Waals surface area (Å²) in [5.41, 5.74) is 5.37. The molecule has 10 heteroatoms. The quantitative estimate of drug-likeness (QED) is 0.371. The Bertz CT molecular complexity index is 662. The molecule has 1 saturated heterocycles. The number of nitrogens with one attached hydrogen (secondary N) is 1. The zero-order valence-corrected chi connectivity index (χ0v) is 10.5. The number of nitrogens with zero attached hydrogens (tertiary/aromatic N) is 4. The van der Waals surface area contributed by atoms with Gasteiger partial charge in [-0.3, -0.25) is 14.3 Å². The topological polar surface area (TPSA) is 153 Å². The van der Waals surface area contributed by atoms with Crippen LogP contribution in [0.15, 0.2) is 27.0 Å². The highest BCUT2D eigenvalue weighted by Crippen LogP contribution is 2.41. The molecule has 3 N–H and O–H groups in total. The maximum absolute atomic E-state index is 11.7. The van der Waals surface area contributed by atoms with Gasteiger partial charge in [0, 0.05) is 23.1 Å². The molecule has 0 radical (unpaired) electrons. The van der Waals surface area contributed by atoms with Crippen LogP contribution in [0.2, 0.25) is 0 Å². The summed E-state index contributed by atoms with van der Waals surface area (Å²) in [5, 5.41) is 22.7. The summed E-state index contributed by atoms with van der Waals surface area (Å²) >= 11 is 0. The first-order valence-electron chi connectivity index (χ1n) is 5.79. The van der Waals surface area contributed by atoms with Gasteiger partial charge in [0.1, 0.15) is 6.23 Å². The molecule has 1 unspecified atom stereocenters. The van der Waals surface area contributed by atoms with Gasteiger partial charge >= 0.3 is 5.69 Å². The number of azide groups is 1. The number of ether oxygens (including phenoxy) is 1. The smallest absolute Gasteiger partial charge is 0.330 e. The predicted molar refractivity (Wildman–Crippen MR) is 65.6 cm³/mol. The molecule has 20 heavy (non-hydrogen) atoms. The largest absolute Gasteiger partial charge is 0.393 e. The van der Waals surface area contributed by atoms with Gasteiger partial charge in [-0.2, -0.15) is 0 Å². The minimum Gasteiger partial charge on any atom is -0.393 e. The van der Waals surface area contributed by atoms with E-state index in [1.165, 1.54) is 6.20 Å². The third kappa shape index (κ3) is 2.10. The van der Waals surface area contributed by atoms with E-state index in [9.17, 15) is 19.8 Å². The molecule has 1 aromatic heterocycles. The summed E-state index contributed by atoms with van der Waals surface area (Å²) in [4.78, 5) is 27.3. The zero-order chi connectivity index (χ0) is 14.9. The van der Waals surface area contributed by atoms with Crippen molar-refractivity contribution in [2.45, 2.75) is 25.0 Å². The minimum absolute atomic E-state index is 0.569. The van der Waals surface area contributed by atoms with Crippen molar-refractivity contribution in [2.75, 3.05) is 6.61 Å². The van der Waals surface area contributed by atoms with Crippen LogP contribution in [0.3, 0.4) is 0 Å². The molecule has 0 amide bonds. The molecule has 1 aromatic rings. The summed E-state index contributed by atoms with van der Waals surface area (Å²) in [7, 11) is 0. The zero-order valence-electron chi connectivity index (χ0n) is 10.5. The molecule has 108 valence electrons. The highest BCUT2D eigenvalue weighted by atomic mass is 16.6. The molecule has 2 rings (SSSR count). The van der Waals surface area contributed by atoms with Crippen molar-refractivity contribution in [3.63, 3.8) is 0 Å². The predicted octanol–water partition coefficient (Wildman–Crippen LogP) is -0.939. The fraction of sp³-hybridized carbons (Fsp3) is 0.600. The van der Waals surface area contributed by atoms with Crippen LogP contribution in [0.25, 0.3) is 10.4 Å². The van der Waals surface area contributed by atoms with Crippen molar-refractivity contribution in [2.24, 2.45) is 11.0 Å². The summed E-state index contributed by atoms with van der Waals surface area (Å²) in [5.74, 6) is -0.642. The average Bonchev–Trinajstić information content (AvgIpc) is 2.65. The van der Waals surface area contributed by atoms with Crippen LogP contribution in [-0.2, 0) is 4.74 Å². The summed E-state index contributed by atoms with van der Waals surface area (Å²) < 4.78 is 6.45. The second-order valence-corrected chi connectivity index (χ2v) is 4.52. The molecule has 10 nitrogen and oxygen atoms in total. The van der Waals surface area contributed by atoms with E-state index in [2.05, 4.69) is 15.0 Å². The summed E-state index contributed by atoms with van der Waals surface area (Å²) in [6.07, 6.45) is -1.07. The van der Waals surface area contributed by atoms with E-state index in [4.69, 9.17) is 10.3 Å². The minimum atomic E-state index is -1.85. The Morgan fingerprint density at radius 1 is 1.65 bits per heavy atom. The molecule has 0 spiro atoms. The number of hydrogen-bond donors (Lipinski definition) is 3. The second-order valence-electron chi connectivity index (χ2n) is 4.52. The fourth-order valence-electron chi connectivity index (χ4n) is 2.21. The van der Waals surface area contributed by atoms with Crippen LogP contribution < -0.4 is 11.2 Å². The van der Waals surface area contributed by atoms with E-state index in [1.54, 1.807) is 6.92 Å². The van der Waals surface area contributed by atoms with Crippen molar-refractivity contribution in [3.8, 4) is 0 Å². The van der Waals surface area contributed by atoms with E-state index < -0.39 is 41.8 Å². The number of hydrogen-bond acceptors (Lipinski definition) is 6. The first-order valence-corrected chi connectivity index (χ1v) is 5.79. The lowest BCUT2D eigenvalue weighted by atomic mass is 9.98. The van der Waals surface area contributed by atoms with Crippen molar-refractivity contribution >= 4 is 0 Å². The monoisotopic (exact) mass is 283 g/mol. The Kier molecular flexibility index (Phi) is 3.64. The third-order valence-electron chi connectivity index (χ3n) is 3.30. The number of aliphatic hydroxyl groups excluding tert-OH is 2. The maximum atomic E-state index is 11.7. The van der Waals surface area contributed by atoms with Crippen LogP contribution >= 0.6 is 0 Å². The number of rotatable bonds is 3. The van der Waals surface area contributed by atoms with Crippen molar-refractivity contribution in [3.05, 3.63) is 43.5 Å². The second kappa shape index (κ2) is 5.10. The molecule has 1 fully saturated rings. The molecule has 4 atom stereocenters. The Labute approximate surface area is 111 Å². The van der Waals surface area contributed by atoms with Crippen LogP contribution in [0.4, 0.5) is 0 Å². The van der Waals surface area contributed by atoms with Gasteiger partial charge in [-0.05, 0) is 5.53 Å². The van der Waals surface area contributed by atoms with Gasteiger partial charge < -0.3 is 14.9 Å². The maximum Gasteiger partial charge on any atom is 0.330 e. The summed E-state index contributed by atoms with van der Waals surface area (Å²) in [6.45, 7) is 0.828. The van der Waals surface area contributed by atoms with E-state index in [0.29, 0.717) is 0 Å². The molecule has 0 bridgehead atoms. The van der Waals surface area contributed by atoms with Gasteiger partial charge in [-0.25, -0.2) is 4.79 Å². The molecule has 2 heterocycles. The van der Waals surface area contributed by atoms with Crippen LogP contribution in [0, 0.1) is 5.92 Å². The standard InChI is InChI=1S/C10H13N5O5/c1-5-7(18)10(4-16,13-14-11)20-8(5)15-3-2-6(17)12-9(15)19/h2-3,5,7-8,16,18H,4H2,1H3,(H,12,17,19)/t5-,7+,8-,10?/m1/s1. The Balaban J connectivity index is 2.47. The molecular formula is C10H13N5O5. The molecule has 0 saturated carbocycles. The number of H-pyrrole nitrogens is 1. The molecule has 0 aliphatic carbocycles.